The van der Waals surface area contributed by atoms with Crippen molar-refractivity contribution in [2.75, 3.05) is 19.7 Å². The summed E-state index contributed by atoms with van der Waals surface area (Å²) in [4.78, 5) is 23.4. The molecule has 0 bridgehead atoms. The Balaban J connectivity index is 4.26. The molecule has 0 heterocycles. The van der Waals surface area contributed by atoms with Crippen molar-refractivity contribution in [2.24, 2.45) is 11.8 Å². The highest BCUT2D eigenvalue weighted by molar-refractivity contribution is 5.76. The van der Waals surface area contributed by atoms with E-state index >= 15 is 0 Å². The van der Waals surface area contributed by atoms with Crippen LogP contribution in [0.25, 0.3) is 0 Å². The van der Waals surface area contributed by atoms with Crippen LogP contribution in [-0.4, -0.2) is 41.8 Å². The lowest BCUT2D eigenvalue weighted by molar-refractivity contribution is -0.138. The van der Waals surface area contributed by atoms with E-state index in [9.17, 15) is 9.59 Å². The summed E-state index contributed by atoms with van der Waals surface area (Å²) in [6, 6.07) is 0. The summed E-state index contributed by atoms with van der Waals surface area (Å²) in [5.74, 6) is -0.567. The first kappa shape index (κ1) is 14.7. The van der Waals surface area contributed by atoms with Crippen molar-refractivity contribution in [3.63, 3.8) is 0 Å². The number of carbonyl (C=O) groups excluding carboxylic acids is 1. The molecule has 5 nitrogen and oxygen atoms in total. The van der Waals surface area contributed by atoms with Gasteiger partial charge in [-0.2, -0.15) is 0 Å². The van der Waals surface area contributed by atoms with Gasteiger partial charge in [0.2, 0.25) is 0 Å². The third-order valence-electron chi connectivity index (χ3n) is 1.71. The second-order valence-corrected chi connectivity index (χ2v) is 4.64. The number of carbonyl (C=O) groups is 2. The van der Waals surface area contributed by atoms with Crippen molar-refractivity contribution in [1.82, 2.24) is 4.90 Å². The molecule has 0 unspecified atom stereocenters. The monoisotopic (exact) mass is 231 g/mol. The number of hydrogen-bond donors (Lipinski definition) is 1. The fraction of sp³-hybridized carbons (Fsp3) is 0.818. The van der Waals surface area contributed by atoms with Gasteiger partial charge in [-0.25, -0.2) is 4.79 Å². The Morgan fingerprint density at radius 1 is 1.19 bits per heavy atom. The smallest absolute Gasteiger partial charge is 0.410 e. The average Bonchev–Trinajstić information content (AvgIpc) is 2.11. The van der Waals surface area contributed by atoms with Crippen molar-refractivity contribution in [2.45, 2.75) is 27.7 Å². The molecule has 0 aromatic heterocycles. The molecule has 0 saturated heterocycles. The number of aliphatic carboxylic acids is 1. The van der Waals surface area contributed by atoms with Crippen molar-refractivity contribution >= 4 is 12.1 Å². The maximum Gasteiger partial charge on any atom is 0.410 e. The first-order valence-electron chi connectivity index (χ1n) is 5.46. The van der Waals surface area contributed by atoms with Crippen molar-refractivity contribution < 1.29 is 19.4 Å². The molecule has 0 rings (SSSR count). The van der Waals surface area contributed by atoms with Crippen molar-refractivity contribution in [3.8, 4) is 0 Å². The molecule has 0 aliphatic rings. The molecule has 0 fully saturated rings. The summed E-state index contributed by atoms with van der Waals surface area (Å²) < 4.78 is 4.99. The average molecular weight is 231 g/mol. The number of carboxylic acid groups (broad SMARTS) is 1. The van der Waals surface area contributed by atoms with E-state index in [1.54, 1.807) is 0 Å². The zero-order valence-electron chi connectivity index (χ0n) is 10.4. The molecule has 0 radical (unpaired) electrons. The summed E-state index contributed by atoms with van der Waals surface area (Å²) >= 11 is 0. The van der Waals surface area contributed by atoms with E-state index in [0.29, 0.717) is 13.2 Å². The number of ether oxygens (including phenoxy) is 1. The lowest BCUT2D eigenvalue weighted by Crippen LogP contribution is -2.39. The molecule has 0 atom stereocenters. The van der Waals surface area contributed by atoms with Crippen LogP contribution in [0.3, 0.4) is 0 Å². The molecular formula is C11H21NO4. The summed E-state index contributed by atoms with van der Waals surface area (Å²) in [5.41, 5.74) is 0. The Morgan fingerprint density at radius 2 is 1.75 bits per heavy atom. The standard InChI is InChI=1S/C11H21NO4/c1-8(2)5-12(6-10(13)14)11(15)16-7-9(3)4/h8-9H,5-7H2,1-4H3,(H,13,14). The van der Waals surface area contributed by atoms with Crippen LogP contribution in [0.2, 0.25) is 0 Å². The van der Waals surface area contributed by atoms with E-state index in [4.69, 9.17) is 9.84 Å². The molecule has 0 aliphatic heterocycles. The molecule has 94 valence electrons. The predicted molar refractivity (Wildman–Crippen MR) is 60.2 cm³/mol. The lowest BCUT2D eigenvalue weighted by atomic mass is 10.2. The van der Waals surface area contributed by atoms with E-state index in [1.807, 2.05) is 27.7 Å². The molecule has 1 amide bonds. The van der Waals surface area contributed by atoms with Crippen LogP contribution in [0.15, 0.2) is 0 Å². The summed E-state index contributed by atoms with van der Waals surface area (Å²) in [5, 5.41) is 8.67. The number of nitrogens with zero attached hydrogens (tertiary/aromatic N) is 1. The Labute approximate surface area is 96.4 Å². The molecule has 0 aromatic carbocycles. The molecular weight excluding hydrogens is 210 g/mol. The molecule has 1 N–H and O–H groups in total. The summed E-state index contributed by atoms with van der Waals surface area (Å²) in [6.07, 6.45) is -0.551. The van der Waals surface area contributed by atoms with Gasteiger partial charge < -0.3 is 9.84 Å². The Hall–Kier alpha value is -1.26. The van der Waals surface area contributed by atoms with Gasteiger partial charge in [0.05, 0.1) is 6.61 Å². The zero-order valence-corrected chi connectivity index (χ0v) is 10.4. The van der Waals surface area contributed by atoms with Crippen molar-refractivity contribution in [1.29, 1.82) is 0 Å². The maximum atomic E-state index is 11.6. The normalized spacial score (nSPS) is 10.6. The molecule has 0 saturated carbocycles. The van der Waals surface area contributed by atoms with Gasteiger partial charge in [0.1, 0.15) is 6.54 Å². The van der Waals surface area contributed by atoms with Gasteiger partial charge in [-0.3, -0.25) is 9.69 Å². The van der Waals surface area contributed by atoms with Gasteiger partial charge in [-0.15, -0.1) is 0 Å². The maximum absolute atomic E-state index is 11.6. The number of carboxylic acids is 1. The van der Waals surface area contributed by atoms with Gasteiger partial charge in [-0.1, -0.05) is 27.7 Å². The highest BCUT2D eigenvalue weighted by Gasteiger charge is 2.19. The van der Waals surface area contributed by atoms with E-state index in [1.165, 1.54) is 4.90 Å². The van der Waals surface area contributed by atoms with Crippen LogP contribution < -0.4 is 0 Å². The van der Waals surface area contributed by atoms with E-state index in [0.717, 1.165) is 0 Å². The van der Waals surface area contributed by atoms with Crippen LogP contribution in [0, 0.1) is 11.8 Å². The van der Waals surface area contributed by atoms with Crippen LogP contribution in [0.4, 0.5) is 4.79 Å². The van der Waals surface area contributed by atoms with Gasteiger partial charge in [0, 0.05) is 6.54 Å². The summed E-state index contributed by atoms with van der Waals surface area (Å²) in [7, 11) is 0. The highest BCUT2D eigenvalue weighted by Crippen LogP contribution is 2.03. The topological polar surface area (TPSA) is 66.8 Å². The summed E-state index contributed by atoms with van der Waals surface area (Å²) in [6.45, 7) is 8.09. The molecule has 0 aromatic rings. The minimum Gasteiger partial charge on any atom is -0.480 e. The molecule has 0 aliphatic carbocycles. The van der Waals surface area contributed by atoms with E-state index in [-0.39, 0.29) is 18.4 Å². The Bertz CT molecular complexity index is 238. The van der Waals surface area contributed by atoms with Crippen LogP contribution in [-0.2, 0) is 9.53 Å². The van der Waals surface area contributed by atoms with Gasteiger partial charge >= 0.3 is 12.1 Å². The largest absolute Gasteiger partial charge is 0.480 e. The second-order valence-electron chi connectivity index (χ2n) is 4.64. The van der Waals surface area contributed by atoms with Crippen molar-refractivity contribution in [3.05, 3.63) is 0 Å². The fourth-order valence-corrected chi connectivity index (χ4v) is 1.14. The van der Waals surface area contributed by atoms with Crippen LogP contribution >= 0.6 is 0 Å². The quantitative estimate of drug-likeness (QED) is 0.757. The fourth-order valence-electron chi connectivity index (χ4n) is 1.14. The Morgan fingerprint density at radius 3 is 2.12 bits per heavy atom. The van der Waals surface area contributed by atoms with Gasteiger partial charge in [0.15, 0.2) is 0 Å². The first-order valence-corrected chi connectivity index (χ1v) is 5.46. The molecule has 5 heteroatoms. The molecule has 0 spiro atoms. The lowest BCUT2D eigenvalue weighted by Gasteiger charge is -2.22. The number of amides is 1. The molecule has 16 heavy (non-hydrogen) atoms. The SMILES string of the molecule is CC(C)COC(=O)N(CC(=O)O)CC(C)C. The van der Waals surface area contributed by atoms with Gasteiger partial charge in [0.25, 0.3) is 0 Å². The van der Waals surface area contributed by atoms with E-state index < -0.39 is 12.1 Å². The van der Waals surface area contributed by atoms with Gasteiger partial charge in [-0.05, 0) is 11.8 Å². The number of rotatable bonds is 6. The minimum atomic E-state index is -1.03. The third kappa shape index (κ3) is 7.09. The second kappa shape index (κ2) is 7.09. The number of hydrogen-bond acceptors (Lipinski definition) is 3. The Kier molecular flexibility index (Phi) is 6.53. The predicted octanol–water partition coefficient (Wildman–Crippen LogP) is 1.82. The minimum absolute atomic E-state index is 0.214. The zero-order chi connectivity index (χ0) is 12.7. The third-order valence-corrected chi connectivity index (χ3v) is 1.71. The highest BCUT2D eigenvalue weighted by atomic mass is 16.6. The van der Waals surface area contributed by atoms with Crippen LogP contribution in [0.1, 0.15) is 27.7 Å². The van der Waals surface area contributed by atoms with E-state index in [2.05, 4.69) is 0 Å². The van der Waals surface area contributed by atoms with Crippen LogP contribution in [0.5, 0.6) is 0 Å². The first-order chi connectivity index (χ1) is 7.32.